The van der Waals surface area contributed by atoms with E-state index in [1.54, 1.807) is 0 Å². The van der Waals surface area contributed by atoms with Gasteiger partial charge in [-0.1, -0.05) is 19.3 Å². The van der Waals surface area contributed by atoms with Gasteiger partial charge >= 0.3 is 11.9 Å². The van der Waals surface area contributed by atoms with Crippen LogP contribution in [0.15, 0.2) is 0 Å². The molecule has 4 nitrogen and oxygen atoms in total. The van der Waals surface area contributed by atoms with Crippen molar-refractivity contribution < 1.29 is 19.1 Å². The highest BCUT2D eigenvalue weighted by molar-refractivity contribution is 5.91. The quantitative estimate of drug-likeness (QED) is 0.568. The monoisotopic (exact) mass is 268 g/mol. The smallest absolute Gasteiger partial charge is 0.317 e. The van der Waals surface area contributed by atoms with Crippen molar-refractivity contribution in [3.63, 3.8) is 0 Å². The van der Waals surface area contributed by atoms with Gasteiger partial charge in [0.2, 0.25) is 0 Å². The summed E-state index contributed by atoms with van der Waals surface area (Å²) in [5, 5.41) is 0. The number of ether oxygens (including phenoxy) is 2. The summed E-state index contributed by atoms with van der Waals surface area (Å²) >= 11 is 0. The van der Waals surface area contributed by atoms with Crippen LogP contribution in [0, 0.1) is 5.92 Å². The lowest BCUT2D eigenvalue weighted by Crippen LogP contribution is -2.21. The Balaban J connectivity index is 1.58. The molecular weight excluding hydrogens is 244 g/mol. The molecule has 2 rings (SSSR count). The van der Waals surface area contributed by atoms with Crippen molar-refractivity contribution in [3.05, 3.63) is 0 Å². The zero-order chi connectivity index (χ0) is 13.5. The molecule has 2 aliphatic carbocycles. The van der Waals surface area contributed by atoms with Gasteiger partial charge in [0, 0.05) is 0 Å². The van der Waals surface area contributed by atoms with Gasteiger partial charge < -0.3 is 9.47 Å². The number of hydrogen-bond donors (Lipinski definition) is 0. The second kappa shape index (κ2) is 7.51. The summed E-state index contributed by atoms with van der Waals surface area (Å²) in [7, 11) is 0. The molecule has 0 aliphatic heterocycles. The highest BCUT2D eigenvalue weighted by Crippen LogP contribution is 2.24. The third-order valence-corrected chi connectivity index (χ3v) is 4.09. The van der Waals surface area contributed by atoms with E-state index in [0.717, 1.165) is 38.5 Å². The van der Waals surface area contributed by atoms with E-state index in [1.807, 2.05) is 0 Å². The maximum absolute atomic E-state index is 11.5. The zero-order valence-corrected chi connectivity index (χ0v) is 11.6. The van der Waals surface area contributed by atoms with Crippen LogP contribution in [0.5, 0.6) is 0 Å². The molecule has 4 heteroatoms. The summed E-state index contributed by atoms with van der Waals surface area (Å²) in [4.78, 5) is 23.1. The molecule has 0 unspecified atom stereocenters. The fourth-order valence-corrected chi connectivity index (χ4v) is 2.97. The molecule has 0 atom stereocenters. The minimum absolute atomic E-state index is 0.0265. The first-order valence-corrected chi connectivity index (χ1v) is 7.59. The molecule has 2 saturated carbocycles. The van der Waals surface area contributed by atoms with Gasteiger partial charge in [-0.15, -0.1) is 0 Å². The number of hydrogen-bond acceptors (Lipinski definition) is 4. The van der Waals surface area contributed by atoms with E-state index in [1.165, 1.54) is 19.3 Å². The predicted molar refractivity (Wildman–Crippen MR) is 70.5 cm³/mol. The first-order chi connectivity index (χ1) is 9.24. The van der Waals surface area contributed by atoms with Crippen molar-refractivity contribution in [1.82, 2.24) is 0 Å². The second-order valence-electron chi connectivity index (χ2n) is 5.76. The van der Waals surface area contributed by atoms with Crippen molar-refractivity contribution in [1.29, 1.82) is 0 Å². The van der Waals surface area contributed by atoms with Crippen LogP contribution in [0.3, 0.4) is 0 Å². The lowest BCUT2D eigenvalue weighted by molar-refractivity contribution is -0.158. The van der Waals surface area contributed by atoms with E-state index in [2.05, 4.69) is 0 Å². The molecule has 0 bridgehead atoms. The first-order valence-electron chi connectivity index (χ1n) is 7.59. The third kappa shape index (κ3) is 5.21. The Labute approximate surface area is 114 Å². The molecule has 0 radical (unpaired) electrons. The molecule has 0 spiro atoms. The van der Waals surface area contributed by atoms with E-state index >= 15 is 0 Å². The van der Waals surface area contributed by atoms with Crippen molar-refractivity contribution in [2.75, 3.05) is 6.61 Å². The molecule has 0 aromatic heterocycles. The Bertz CT molecular complexity index is 301. The topological polar surface area (TPSA) is 52.6 Å². The first kappa shape index (κ1) is 14.4. The number of esters is 2. The predicted octanol–water partition coefficient (Wildman–Crippen LogP) is 2.99. The number of rotatable bonds is 5. The Morgan fingerprint density at radius 2 is 1.47 bits per heavy atom. The van der Waals surface area contributed by atoms with Crippen molar-refractivity contribution in [3.8, 4) is 0 Å². The largest absolute Gasteiger partial charge is 0.465 e. The van der Waals surface area contributed by atoms with E-state index < -0.39 is 11.9 Å². The van der Waals surface area contributed by atoms with Gasteiger partial charge in [-0.3, -0.25) is 9.59 Å². The highest BCUT2D eigenvalue weighted by Gasteiger charge is 2.22. The van der Waals surface area contributed by atoms with E-state index in [-0.39, 0.29) is 12.5 Å². The molecule has 108 valence electrons. The van der Waals surface area contributed by atoms with Crippen LogP contribution < -0.4 is 0 Å². The molecular formula is C15H24O4. The molecule has 0 aromatic rings. The fraction of sp³-hybridized carbons (Fsp3) is 0.867. The van der Waals surface area contributed by atoms with Gasteiger partial charge in [0.25, 0.3) is 0 Å². The summed E-state index contributed by atoms with van der Waals surface area (Å²) in [5.41, 5.74) is 0. The highest BCUT2D eigenvalue weighted by atomic mass is 16.6. The summed E-state index contributed by atoms with van der Waals surface area (Å²) in [5.74, 6) is -0.377. The lowest BCUT2D eigenvalue weighted by atomic mass is 9.90. The summed E-state index contributed by atoms with van der Waals surface area (Å²) in [6.45, 7) is 0.468. The molecule has 0 amide bonds. The molecule has 0 saturated heterocycles. The Kier molecular flexibility index (Phi) is 5.67. The minimum Gasteiger partial charge on any atom is -0.465 e. The summed E-state index contributed by atoms with van der Waals surface area (Å²) < 4.78 is 10.4. The minimum atomic E-state index is -0.437. The van der Waals surface area contributed by atoms with Crippen LogP contribution >= 0.6 is 0 Å². The lowest BCUT2D eigenvalue weighted by Gasteiger charge is -2.21. The van der Waals surface area contributed by atoms with Crippen LogP contribution in [0.2, 0.25) is 0 Å². The third-order valence-electron chi connectivity index (χ3n) is 4.09. The number of carbonyl (C=O) groups excluding carboxylic acids is 2. The van der Waals surface area contributed by atoms with Crippen molar-refractivity contribution in [2.24, 2.45) is 5.92 Å². The molecule has 2 aliphatic rings. The Hall–Kier alpha value is -1.06. The summed E-state index contributed by atoms with van der Waals surface area (Å²) in [6.07, 6.45) is 9.91. The average Bonchev–Trinajstić information content (AvgIpc) is 2.90. The van der Waals surface area contributed by atoms with Crippen LogP contribution in [-0.4, -0.2) is 24.6 Å². The standard InChI is InChI=1S/C15H24O4/c16-14(18-11-12-6-2-1-3-7-12)10-15(17)19-13-8-4-5-9-13/h12-13H,1-11H2. The van der Waals surface area contributed by atoms with Gasteiger partial charge in [-0.2, -0.15) is 0 Å². The molecule has 19 heavy (non-hydrogen) atoms. The van der Waals surface area contributed by atoms with Crippen LogP contribution in [0.4, 0.5) is 0 Å². The van der Waals surface area contributed by atoms with E-state index in [0.29, 0.717) is 12.5 Å². The van der Waals surface area contributed by atoms with Gasteiger partial charge in [0.05, 0.1) is 6.61 Å². The van der Waals surface area contributed by atoms with Crippen LogP contribution in [-0.2, 0) is 19.1 Å². The molecule has 0 N–H and O–H groups in total. The van der Waals surface area contributed by atoms with Crippen LogP contribution in [0.1, 0.15) is 64.2 Å². The van der Waals surface area contributed by atoms with Crippen molar-refractivity contribution in [2.45, 2.75) is 70.3 Å². The Morgan fingerprint density at radius 1 is 0.842 bits per heavy atom. The molecule has 0 heterocycles. The molecule has 2 fully saturated rings. The fourth-order valence-electron chi connectivity index (χ4n) is 2.97. The maximum Gasteiger partial charge on any atom is 0.317 e. The van der Waals surface area contributed by atoms with Gasteiger partial charge in [0.1, 0.15) is 12.5 Å². The van der Waals surface area contributed by atoms with E-state index in [9.17, 15) is 9.59 Å². The van der Waals surface area contributed by atoms with Gasteiger partial charge in [0.15, 0.2) is 0 Å². The van der Waals surface area contributed by atoms with Crippen LogP contribution in [0.25, 0.3) is 0 Å². The summed E-state index contributed by atoms with van der Waals surface area (Å²) in [6, 6.07) is 0. The number of carbonyl (C=O) groups is 2. The maximum atomic E-state index is 11.5. The SMILES string of the molecule is O=C(CC(=O)OC1CCCC1)OCC1CCCCC1. The Morgan fingerprint density at radius 3 is 2.16 bits per heavy atom. The zero-order valence-electron chi connectivity index (χ0n) is 11.6. The van der Waals surface area contributed by atoms with Gasteiger partial charge in [-0.25, -0.2) is 0 Å². The van der Waals surface area contributed by atoms with Gasteiger partial charge in [-0.05, 0) is 44.4 Å². The van der Waals surface area contributed by atoms with E-state index in [4.69, 9.17) is 9.47 Å². The normalized spacial score (nSPS) is 21.3. The average molecular weight is 268 g/mol. The molecule has 0 aromatic carbocycles. The second-order valence-corrected chi connectivity index (χ2v) is 5.76. The van der Waals surface area contributed by atoms with Crippen molar-refractivity contribution >= 4 is 11.9 Å².